The predicted molar refractivity (Wildman–Crippen MR) is 277 cm³/mol. The van der Waals surface area contributed by atoms with Gasteiger partial charge in [-0.25, -0.2) is 0 Å². The van der Waals surface area contributed by atoms with E-state index in [1.54, 1.807) is 0 Å². The number of phosphoric acid groups is 1. The average molecular weight is 936 g/mol. The summed E-state index contributed by atoms with van der Waals surface area (Å²) in [5.74, 6) is -0.335. The van der Waals surface area contributed by atoms with Crippen molar-refractivity contribution >= 4 is 13.8 Å². The molecule has 0 aromatic rings. The molecule has 8 nitrogen and oxygen atoms in total. The van der Waals surface area contributed by atoms with E-state index in [9.17, 15) is 14.3 Å². The maximum atomic E-state index is 12.8. The molecule has 9 heteroatoms. The van der Waals surface area contributed by atoms with Crippen LogP contribution in [0.3, 0.4) is 0 Å². The van der Waals surface area contributed by atoms with E-state index in [0.717, 1.165) is 44.9 Å². The zero-order valence-electron chi connectivity index (χ0n) is 43.4. The van der Waals surface area contributed by atoms with E-state index in [4.69, 9.17) is 18.5 Å². The van der Waals surface area contributed by atoms with E-state index < -0.39 is 13.9 Å². The zero-order valence-corrected chi connectivity index (χ0v) is 44.3. The predicted octanol–water partition coefficient (Wildman–Crippen LogP) is 16.4. The first-order valence-electron chi connectivity index (χ1n) is 27.4. The second-order valence-electron chi connectivity index (χ2n) is 19.6. The molecule has 0 heterocycles. The molecule has 0 bridgehead atoms. The van der Waals surface area contributed by atoms with Crippen LogP contribution in [0.15, 0.2) is 48.6 Å². The monoisotopic (exact) mass is 936 g/mol. The summed E-state index contributed by atoms with van der Waals surface area (Å²) in [4.78, 5) is 25.2. The van der Waals surface area contributed by atoms with Crippen molar-refractivity contribution in [1.29, 1.82) is 0 Å². The Hall–Kier alpha value is -1.54. The summed E-state index contributed by atoms with van der Waals surface area (Å²) in [6, 6.07) is 0. The Morgan fingerprint density at radius 2 is 0.846 bits per heavy atom. The van der Waals surface area contributed by atoms with Crippen molar-refractivity contribution in [3.05, 3.63) is 48.6 Å². The van der Waals surface area contributed by atoms with Gasteiger partial charge in [-0.05, 0) is 77.0 Å². The molecule has 382 valence electrons. The van der Waals surface area contributed by atoms with E-state index in [0.29, 0.717) is 24.1 Å². The van der Waals surface area contributed by atoms with Crippen molar-refractivity contribution in [2.75, 3.05) is 54.1 Å². The van der Waals surface area contributed by atoms with E-state index in [1.807, 2.05) is 21.1 Å². The Kier molecular flexibility index (Phi) is 47.7. The van der Waals surface area contributed by atoms with Crippen LogP contribution in [0.1, 0.15) is 245 Å². The number of nitrogens with zero attached hydrogens (tertiary/aromatic N) is 1. The molecule has 0 aromatic carbocycles. The van der Waals surface area contributed by atoms with E-state index in [1.165, 1.54) is 180 Å². The number of esters is 1. The van der Waals surface area contributed by atoms with Crippen LogP contribution in [-0.2, 0) is 27.9 Å². The zero-order chi connectivity index (χ0) is 47.6. The van der Waals surface area contributed by atoms with Crippen LogP contribution >= 0.6 is 7.82 Å². The molecule has 2 atom stereocenters. The third-order valence-electron chi connectivity index (χ3n) is 11.9. The maximum absolute atomic E-state index is 12.8. The largest absolute Gasteiger partial charge is 0.756 e. The first-order valence-corrected chi connectivity index (χ1v) is 28.8. The highest BCUT2D eigenvalue weighted by molar-refractivity contribution is 7.45. The lowest BCUT2D eigenvalue weighted by Gasteiger charge is -2.28. The van der Waals surface area contributed by atoms with Gasteiger partial charge in [0.15, 0.2) is 0 Å². The van der Waals surface area contributed by atoms with Crippen LogP contribution in [0.2, 0.25) is 0 Å². The topological polar surface area (TPSA) is 94.1 Å². The number of allylic oxidation sites excluding steroid dienone is 8. The van der Waals surface area contributed by atoms with Gasteiger partial charge in [0.25, 0.3) is 7.82 Å². The van der Waals surface area contributed by atoms with Gasteiger partial charge in [0.2, 0.25) is 0 Å². The van der Waals surface area contributed by atoms with Crippen molar-refractivity contribution < 1.29 is 37.3 Å². The van der Waals surface area contributed by atoms with Crippen molar-refractivity contribution in [1.82, 2.24) is 0 Å². The number of carbonyl (C=O) groups is 1. The SMILES string of the molecule is CCCCC/C=C\C/C=C\CCCCCCCCCCOCC(COP(=O)([O-])OCC[N+](C)(C)C)OC(=O)CCCCCCCCCCCCCCC/C=C\C/C=C\CCCCCCC. The number of unbranched alkanes of at least 4 members (excludes halogenated alkanes) is 29. The number of hydrogen-bond donors (Lipinski definition) is 0. The number of likely N-dealkylation sites (N-methyl/N-ethyl adjacent to an activating group) is 1. The van der Waals surface area contributed by atoms with E-state index in [2.05, 4.69) is 62.5 Å². The molecular weight excluding hydrogens is 830 g/mol. The second-order valence-corrected chi connectivity index (χ2v) is 21.0. The summed E-state index contributed by atoms with van der Waals surface area (Å²) < 4.78 is 34.8. The van der Waals surface area contributed by atoms with Gasteiger partial charge < -0.3 is 27.9 Å². The highest BCUT2D eigenvalue weighted by Crippen LogP contribution is 2.38. The van der Waals surface area contributed by atoms with Gasteiger partial charge >= 0.3 is 5.97 Å². The second kappa shape index (κ2) is 48.9. The van der Waals surface area contributed by atoms with Crippen LogP contribution in [-0.4, -0.2) is 70.7 Å². The Labute approximate surface area is 403 Å². The number of quaternary nitrogens is 1. The van der Waals surface area contributed by atoms with Crippen molar-refractivity contribution in [3.8, 4) is 0 Å². The van der Waals surface area contributed by atoms with Crippen molar-refractivity contribution in [2.24, 2.45) is 0 Å². The molecule has 0 saturated carbocycles. The molecule has 0 aliphatic rings. The third-order valence-corrected chi connectivity index (χ3v) is 12.8. The molecule has 0 aliphatic carbocycles. The molecule has 0 aliphatic heterocycles. The molecule has 0 aromatic heterocycles. The van der Waals surface area contributed by atoms with E-state index >= 15 is 0 Å². The molecule has 0 spiro atoms. The molecule has 0 N–H and O–H groups in total. The molecule has 0 saturated heterocycles. The van der Waals surface area contributed by atoms with Crippen LogP contribution in [0.25, 0.3) is 0 Å². The fraction of sp³-hybridized carbons (Fsp3) is 0.839. The lowest BCUT2D eigenvalue weighted by atomic mass is 10.0. The van der Waals surface area contributed by atoms with Gasteiger partial charge in [0.1, 0.15) is 19.3 Å². The normalized spacial score (nSPS) is 13.9. The Bertz CT molecular complexity index is 1180. The minimum absolute atomic E-state index is 0.0243. The lowest BCUT2D eigenvalue weighted by molar-refractivity contribution is -0.870. The summed E-state index contributed by atoms with van der Waals surface area (Å²) in [5, 5.41) is 0. The third kappa shape index (κ3) is 53.3. The number of carbonyl (C=O) groups excluding carboxylic acids is 1. The fourth-order valence-electron chi connectivity index (χ4n) is 7.61. The highest BCUT2D eigenvalue weighted by Gasteiger charge is 2.20. The quantitative estimate of drug-likeness (QED) is 0.0197. The van der Waals surface area contributed by atoms with Gasteiger partial charge in [0.05, 0.1) is 34.4 Å². The maximum Gasteiger partial charge on any atom is 0.306 e. The molecule has 0 amide bonds. The Balaban J connectivity index is 4.09. The van der Waals surface area contributed by atoms with Crippen LogP contribution in [0.5, 0.6) is 0 Å². The summed E-state index contributed by atoms with van der Waals surface area (Å²) in [5.41, 5.74) is 0. The smallest absolute Gasteiger partial charge is 0.306 e. The highest BCUT2D eigenvalue weighted by atomic mass is 31.2. The van der Waals surface area contributed by atoms with Gasteiger partial charge in [-0.3, -0.25) is 9.36 Å². The number of hydrogen-bond acceptors (Lipinski definition) is 7. The van der Waals surface area contributed by atoms with Gasteiger partial charge in [-0.1, -0.05) is 210 Å². The van der Waals surface area contributed by atoms with Crippen LogP contribution < -0.4 is 4.89 Å². The minimum Gasteiger partial charge on any atom is -0.756 e. The molecule has 0 rings (SSSR count). The molecular formula is C56H106NO7P. The first-order chi connectivity index (χ1) is 31.6. The standard InChI is InChI=1S/C56H106NO7P/c1-6-8-10-12-14-16-18-20-22-24-26-27-28-29-30-31-32-33-35-37-39-41-43-45-47-49-56(58)64-55(54-63-65(59,60)62-52-50-57(3,4)5)53-61-51-48-46-44-42-40-38-36-34-25-23-21-19-17-15-13-11-9-7-2/h15,17-18,20-21,23-24,26,55H,6-14,16,19,22,25,27-54H2,1-5H3/b17-15-,20-18-,23-21-,26-24-. The Morgan fingerprint density at radius 3 is 1.28 bits per heavy atom. The van der Waals surface area contributed by atoms with Crippen LogP contribution in [0.4, 0.5) is 0 Å². The van der Waals surface area contributed by atoms with Gasteiger partial charge in [-0.15, -0.1) is 0 Å². The molecule has 0 fully saturated rings. The number of rotatable bonds is 51. The summed E-state index contributed by atoms with van der Waals surface area (Å²) in [7, 11) is 1.36. The van der Waals surface area contributed by atoms with E-state index in [-0.39, 0.29) is 25.8 Å². The summed E-state index contributed by atoms with van der Waals surface area (Å²) in [6.07, 6.45) is 61.4. The fourth-order valence-corrected chi connectivity index (χ4v) is 8.34. The molecule has 0 radical (unpaired) electrons. The molecule has 2 unspecified atom stereocenters. The van der Waals surface area contributed by atoms with Crippen molar-refractivity contribution in [2.45, 2.75) is 251 Å². The Morgan fingerprint density at radius 1 is 0.477 bits per heavy atom. The lowest BCUT2D eigenvalue weighted by Crippen LogP contribution is -2.37. The molecule has 65 heavy (non-hydrogen) atoms. The van der Waals surface area contributed by atoms with Gasteiger partial charge in [0, 0.05) is 13.0 Å². The van der Waals surface area contributed by atoms with Gasteiger partial charge in [-0.2, -0.15) is 0 Å². The first kappa shape index (κ1) is 63.5. The summed E-state index contributed by atoms with van der Waals surface area (Å²) >= 11 is 0. The number of phosphoric ester groups is 1. The average Bonchev–Trinajstić information content (AvgIpc) is 3.27. The minimum atomic E-state index is -4.53. The van der Waals surface area contributed by atoms with Crippen molar-refractivity contribution in [3.63, 3.8) is 0 Å². The van der Waals surface area contributed by atoms with Crippen LogP contribution in [0, 0.1) is 0 Å². The number of ether oxygens (including phenoxy) is 2. The summed E-state index contributed by atoms with van der Waals surface area (Å²) in [6.45, 7) is 5.39.